The van der Waals surface area contributed by atoms with Gasteiger partial charge in [0.25, 0.3) is 5.91 Å². The van der Waals surface area contributed by atoms with Gasteiger partial charge in [0, 0.05) is 18.5 Å². The number of carboxylic acid groups (broad SMARTS) is 1. The standard InChI is InChI=1S/C32H42N2O4S.Li/c1-20-7-5-6-8-24(20)26-17-21(9-13-25(26)30(36)34-28(31(37)38)15-16-39-4)10-14-29(35)33-19-22-11-12-23-18-27(22)32(23,2)3;/h5-9,13,17,22-23,27-28H,10-12,14-16,18-19H2,1-4H3,(H,33,35)(H,34,36)(H,37,38);/q;+1/p-1/t22?,23?,27?,28-;/m0./s1. The van der Waals surface area contributed by atoms with Gasteiger partial charge in [-0.15, -0.1) is 0 Å². The van der Waals surface area contributed by atoms with Gasteiger partial charge in [-0.1, -0.05) is 50.2 Å². The molecule has 2 aromatic rings. The number of carbonyl (C=O) groups is 3. The predicted molar refractivity (Wildman–Crippen MR) is 155 cm³/mol. The molecule has 2 aromatic carbocycles. The van der Waals surface area contributed by atoms with Crippen LogP contribution in [-0.4, -0.2) is 42.4 Å². The molecule has 0 aliphatic heterocycles. The van der Waals surface area contributed by atoms with Crippen LogP contribution in [0.15, 0.2) is 42.5 Å². The average Bonchev–Trinajstić information content (AvgIpc) is 2.92. The molecule has 2 bridgehead atoms. The van der Waals surface area contributed by atoms with E-state index < -0.39 is 17.9 Å². The van der Waals surface area contributed by atoms with Crippen LogP contribution in [-0.2, 0) is 16.0 Å². The molecule has 0 radical (unpaired) electrons. The van der Waals surface area contributed by atoms with Crippen LogP contribution < -0.4 is 34.6 Å². The van der Waals surface area contributed by atoms with Gasteiger partial charge < -0.3 is 20.5 Å². The van der Waals surface area contributed by atoms with Crippen molar-refractivity contribution in [3.8, 4) is 11.1 Å². The maximum Gasteiger partial charge on any atom is 1.00 e. The number of carboxylic acids is 1. The van der Waals surface area contributed by atoms with Crippen LogP contribution in [0, 0.1) is 30.1 Å². The first-order chi connectivity index (χ1) is 18.6. The van der Waals surface area contributed by atoms with Crippen molar-refractivity contribution in [3.63, 3.8) is 0 Å². The molecule has 3 aliphatic rings. The molecule has 0 aromatic heterocycles. The summed E-state index contributed by atoms with van der Waals surface area (Å²) in [7, 11) is 0. The fraction of sp³-hybridized carbons (Fsp3) is 0.531. The monoisotopic (exact) mass is 556 g/mol. The third-order valence-corrected chi connectivity index (χ3v) is 9.81. The minimum absolute atomic E-state index is 0. The largest absolute Gasteiger partial charge is 1.00 e. The summed E-state index contributed by atoms with van der Waals surface area (Å²) >= 11 is 1.52. The molecule has 3 fully saturated rings. The second-order valence-electron chi connectivity index (χ2n) is 11.8. The number of hydrogen-bond donors (Lipinski definition) is 2. The molecule has 0 spiro atoms. The van der Waals surface area contributed by atoms with Crippen molar-refractivity contribution < 1.29 is 38.4 Å². The molecule has 6 nitrogen and oxygen atoms in total. The summed E-state index contributed by atoms with van der Waals surface area (Å²) in [6, 6.07) is 12.3. The van der Waals surface area contributed by atoms with E-state index in [1.54, 1.807) is 6.07 Å². The Morgan fingerprint density at radius 1 is 1.10 bits per heavy atom. The molecular weight excluding hydrogens is 515 g/mol. The van der Waals surface area contributed by atoms with Gasteiger partial charge in [0.15, 0.2) is 0 Å². The Morgan fingerprint density at radius 3 is 2.50 bits per heavy atom. The molecule has 0 heterocycles. The molecule has 2 N–H and O–H groups in total. The first-order valence-electron chi connectivity index (χ1n) is 14.1. The minimum Gasteiger partial charge on any atom is -0.548 e. The average molecular weight is 557 g/mol. The normalized spacial score (nSPS) is 21.4. The summed E-state index contributed by atoms with van der Waals surface area (Å²) in [5, 5.41) is 17.4. The van der Waals surface area contributed by atoms with E-state index in [1.807, 2.05) is 49.6 Å². The first-order valence-corrected chi connectivity index (χ1v) is 15.5. The maximum atomic E-state index is 13.2. The van der Waals surface area contributed by atoms with Crippen molar-refractivity contribution in [1.82, 2.24) is 10.6 Å². The van der Waals surface area contributed by atoms with Crippen LogP contribution in [0.25, 0.3) is 11.1 Å². The maximum absolute atomic E-state index is 13.2. The number of benzene rings is 2. The zero-order valence-electron chi connectivity index (χ0n) is 24.5. The van der Waals surface area contributed by atoms with E-state index in [9.17, 15) is 19.5 Å². The van der Waals surface area contributed by atoms with Gasteiger partial charge in [-0.25, -0.2) is 0 Å². The number of nitrogens with one attached hydrogen (secondary N) is 2. The van der Waals surface area contributed by atoms with E-state index in [4.69, 9.17) is 0 Å². The zero-order chi connectivity index (χ0) is 28.2. The van der Waals surface area contributed by atoms with Crippen molar-refractivity contribution in [1.29, 1.82) is 0 Å². The number of thioether (sulfide) groups is 1. The molecule has 2 amide bonds. The van der Waals surface area contributed by atoms with Gasteiger partial charge in [0.1, 0.15) is 0 Å². The molecular formula is C32H41LiN2O4S. The van der Waals surface area contributed by atoms with Gasteiger partial charge in [-0.2, -0.15) is 11.8 Å². The van der Waals surface area contributed by atoms with Crippen LogP contribution in [0.1, 0.15) is 67.4 Å². The second kappa shape index (κ2) is 14.1. The molecule has 0 saturated heterocycles. The van der Waals surface area contributed by atoms with E-state index in [0.717, 1.165) is 34.7 Å². The SMILES string of the molecule is CSCC[C@H](NC(=O)c1ccc(CCC(=O)NCC2CCC3CC2C3(C)C)cc1-c1ccccc1C)C(=O)[O-].[Li+]. The zero-order valence-corrected chi connectivity index (χ0v) is 25.4. The quantitative estimate of drug-likeness (QED) is 0.385. The summed E-state index contributed by atoms with van der Waals surface area (Å²) in [4.78, 5) is 37.6. The van der Waals surface area contributed by atoms with Gasteiger partial charge in [0.2, 0.25) is 5.91 Å². The Balaban J connectivity index is 0.00000441. The summed E-state index contributed by atoms with van der Waals surface area (Å²) in [6.07, 6.45) is 6.90. The molecule has 8 heteroatoms. The number of amides is 2. The van der Waals surface area contributed by atoms with Crippen LogP contribution in [0.5, 0.6) is 0 Å². The number of carbonyl (C=O) groups excluding carboxylic acids is 3. The summed E-state index contributed by atoms with van der Waals surface area (Å²) in [5.74, 6) is 1.06. The van der Waals surface area contributed by atoms with Crippen molar-refractivity contribution in [2.24, 2.45) is 23.2 Å². The fourth-order valence-electron chi connectivity index (χ4n) is 6.56. The molecule has 4 atom stereocenters. The number of aryl methyl sites for hydroxylation is 2. The number of hydrogen-bond acceptors (Lipinski definition) is 5. The molecule has 210 valence electrons. The molecule has 3 aliphatic carbocycles. The Kier molecular flexibility index (Phi) is 11.4. The number of fused-ring (bicyclic) bond motifs is 2. The smallest absolute Gasteiger partial charge is 0.548 e. The van der Waals surface area contributed by atoms with E-state index in [1.165, 1.54) is 31.0 Å². The third kappa shape index (κ3) is 7.35. The fourth-order valence-corrected chi connectivity index (χ4v) is 7.03. The van der Waals surface area contributed by atoms with Crippen LogP contribution in [0.4, 0.5) is 0 Å². The number of rotatable bonds is 12. The van der Waals surface area contributed by atoms with Crippen molar-refractivity contribution >= 4 is 29.5 Å². The van der Waals surface area contributed by atoms with E-state index >= 15 is 0 Å². The van der Waals surface area contributed by atoms with E-state index in [2.05, 4.69) is 24.5 Å². The van der Waals surface area contributed by atoms with Gasteiger partial charge in [-0.3, -0.25) is 9.59 Å². The minimum atomic E-state index is -1.29. The van der Waals surface area contributed by atoms with E-state index in [0.29, 0.717) is 47.8 Å². The van der Waals surface area contributed by atoms with Gasteiger partial charge in [-0.05, 0) is 103 Å². The molecule has 40 heavy (non-hydrogen) atoms. The van der Waals surface area contributed by atoms with Gasteiger partial charge in [0.05, 0.1) is 12.0 Å². The predicted octanol–water partition coefficient (Wildman–Crippen LogP) is 1.39. The van der Waals surface area contributed by atoms with Crippen molar-refractivity contribution in [2.75, 3.05) is 18.6 Å². The van der Waals surface area contributed by atoms with Crippen LogP contribution in [0.2, 0.25) is 0 Å². The Bertz CT molecular complexity index is 1220. The third-order valence-electron chi connectivity index (χ3n) is 9.17. The number of aliphatic carboxylic acids is 1. The second-order valence-corrected chi connectivity index (χ2v) is 12.8. The Hall–Kier alpha value is -2.20. The van der Waals surface area contributed by atoms with Crippen LogP contribution in [0.3, 0.4) is 0 Å². The Labute approximate surface area is 255 Å². The first kappa shape index (κ1) is 32.3. The van der Waals surface area contributed by atoms with Gasteiger partial charge >= 0.3 is 18.9 Å². The van der Waals surface area contributed by atoms with Crippen molar-refractivity contribution in [2.45, 2.75) is 65.3 Å². The summed E-state index contributed by atoms with van der Waals surface area (Å²) in [6.45, 7) is 7.48. The molecule has 3 unspecified atom stereocenters. The summed E-state index contributed by atoms with van der Waals surface area (Å²) < 4.78 is 0. The Morgan fingerprint density at radius 2 is 1.85 bits per heavy atom. The van der Waals surface area contributed by atoms with E-state index in [-0.39, 0.29) is 24.8 Å². The van der Waals surface area contributed by atoms with Crippen LogP contribution >= 0.6 is 11.8 Å². The molecule has 3 saturated carbocycles. The summed E-state index contributed by atoms with van der Waals surface area (Å²) in [5.41, 5.74) is 4.42. The molecule has 5 rings (SSSR count). The topological polar surface area (TPSA) is 98.3 Å². The van der Waals surface area contributed by atoms with Crippen molar-refractivity contribution in [3.05, 3.63) is 59.2 Å².